The van der Waals surface area contributed by atoms with Gasteiger partial charge in [-0.3, -0.25) is 9.78 Å². The first-order valence-electron chi connectivity index (χ1n) is 13.4. The number of amides is 1. The fraction of sp³-hybridized carbons (Fsp3) is 0.444. The molecule has 0 fully saturated rings. The summed E-state index contributed by atoms with van der Waals surface area (Å²) in [6.45, 7) is 4.42. The second kappa shape index (κ2) is 18.4. The van der Waals surface area contributed by atoms with Crippen LogP contribution in [0.25, 0.3) is 0 Å². The molecule has 0 saturated carbocycles. The number of benzene rings is 1. The van der Waals surface area contributed by atoms with Crippen LogP contribution in [0.15, 0.2) is 48.7 Å². The van der Waals surface area contributed by atoms with E-state index in [1.165, 1.54) is 0 Å². The molecule has 1 amide bonds. The lowest BCUT2D eigenvalue weighted by Gasteiger charge is -2.11. The van der Waals surface area contributed by atoms with Crippen molar-refractivity contribution in [3.8, 4) is 0 Å². The van der Waals surface area contributed by atoms with E-state index in [0.29, 0.717) is 89.0 Å². The maximum atomic E-state index is 12.4. The van der Waals surface area contributed by atoms with Crippen molar-refractivity contribution in [2.24, 2.45) is 5.73 Å². The van der Waals surface area contributed by atoms with Crippen molar-refractivity contribution >= 4 is 23.8 Å². The van der Waals surface area contributed by atoms with Crippen LogP contribution in [0.4, 0.5) is 17.8 Å². The molecular weight excluding hydrogens is 514 g/mol. The van der Waals surface area contributed by atoms with Gasteiger partial charge in [0, 0.05) is 63.2 Å². The molecule has 0 radical (unpaired) electrons. The van der Waals surface area contributed by atoms with Gasteiger partial charge < -0.3 is 41.6 Å². The number of nitrogens with two attached hydrogens (primary N) is 1. The second-order valence-electron chi connectivity index (χ2n) is 8.63. The van der Waals surface area contributed by atoms with Crippen molar-refractivity contribution in [3.63, 3.8) is 0 Å². The van der Waals surface area contributed by atoms with Gasteiger partial charge >= 0.3 is 0 Å². The summed E-state index contributed by atoms with van der Waals surface area (Å²) in [5.41, 5.74) is 7.84. The van der Waals surface area contributed by atoms with Crippen LogP contribution in [-0.2, 0) is 22.4 Å². The molecule has 0 atom stereocenters. The molecule has 40 heavy (non-hydrogen) atoms. The molecule has 0 aliphatic carbocycles. The molecule has 0 unspecified atom stereocenters. The highest BCUT2D eigenvalue weighted by molar-refractivity contribution is 5.94. The lowest BCUT2D eigenvalue weighted by Crippen LogP contribution is -2.27. The van der Waals surface area contributed by atoms with Gasteiger partial charge in [-0.25, -0.2) is 0 Å². The summed E-state index contributed by atoms with van der Waals surface area (Å²) in [6.07, 6.45) is 3.07. The summed E-state index contributed by atoms with van der Waals surface area (Å²) < 4.78 is 10.6. The van der Waals surface area contributed by atoms with Crippen LogP contribution < -0.4 is 27.0 Å². The predicted molar refractivity (Wildman–Crippen MR) is 153 cm³/mol. The first-order chi connectivity index (χ1) is 19.7. The van der Waals surface area contributed by atoms with Gasteiger partial charge in [0.15, 0.2) is 0 Å². The summed E-state index contributed by atoms with van der Waals surface area (Å²) in [7, 11) is 0. The highest BCUT2D eigenvalue weighted by Crippen LogP contribution is 2.12. The second-order valence-corrected chi connectivity index (χ2v) is 8.63. The van der Waals surface area contributed by atoms with Crippen LogP contribution >= 0.6 is 0 Å². The molecule has 13 heteroatoms. The van der Waals surface area contributed by atoms with Crippen molar-refractivity contribution in [1.82, 2.24) is 25.3 Å². The fourth-order valence-corrected chi connectivity index (χ4v) is 3.44. The van der Waals surface area contributed by atoms with Crippen molar-refractivity contribution in [2.75, 3.05) is 75.2 Å². The summed E-state index contributed by atoms with van der Waals surface area (Å²) in [4.78, 5) is 30.1. The number of aliphatic hydroxyl groups excluding tert-OH is 1. The lowest BCUT2D eigenvalue weighted by molar-refractivity contribution is 0.0511. The van der Waals surface area contributed by atoms with Crippen LogP contribution in [0.5, 0.6) is 0 Å². The number of nitrogens with zero attached hydrogens (tertiary/aromatic N) is 4. The van der Waals surface area contributed by atoms with Crippen molar-refractivity contribution in [2.45, 2.75) is 19.4 Å². The van der Waals surface area contributed by atoms with E-state index >= 15 is 0 Å². The van der Waals surface area contributed by atoms with E-state index in [0.717, 1.165) is 17.7 Å². The Labute approximate surface area is 234 Å². The van der Waals surface area contributed by atoms with Gasteiger partial charge in [-0.05, 0) is 36.2 Å². The molecule has 216 valence electrons. The average molecular weight is 554 g/mol. The standard InChI is InChI=1S/C27H39N9O4/c28-10-16-39-18-19-40-17-14-30-24(38)22-7-5-21(6-8-22)20-33-27-35-25(31-12-3-15-37)34-26(36-27)32-13-9-23-4-1-2-11-29-23/h1-2,4-8,11,37H,3,9-10,12-20,28H2,(H,30,38)(H3,31,32,33,34,35,36). The number of carbonyl (C=O) groups excluding carboxylic acids is 1. The van der Waals surface area contributed by atoms with E-state index in [2.05, 4.69) is 41.2 Å². The number of aromatic nitrogens is 4. The molecule has 7 N–H and O–H groups in total. The van der Waals surface area contributed by atoms with Gasteiger partial charge in [-0.2, -0.15) is 15.0 Å². The molecule has 2 aromatic heterocycles. The fourth-order valence-electron chi connectivity index (χ4n) is 3.44. The van der Waals surface area contributed by atoms with Crippen LogP contribution in [0, 0.1) is 0 Å². The van der Waals surface area contributed by atoms with Crippen LogP contribution in [0.2, 0.25) is 0 Å². The smallest absolute Gasteiger partial charge is 0.251 e. The van der Waals surface area contributed by atoms with Crippen LogP contribution in [-0.4, -0.2) is 90.2 Å². The molecule has 0 aliphatic heterocycles. The molecule has 0 spiro atoms. The van der Waals surface area contributed by atoms with Gasteiger partial charge in [-0.1, -0.05) is 18.2 Å². The molecule has 0 saturated heterocycles. The first-order valence-corrected chi connectivity index (χ1v) is 13.4. The number of anilines is 3. The number of pyridine rings is 1. The third kappa shape index (κ3) is 11.9. The maximum absolute atomic E-state index is 12.4. The number of ether oxygens (including phenoxy) is 2. The Morgan fingerprint density at radius 3 is 2.20 bits per heavy atom. The average Bonchev–Trinajstić information content (AvgIpc) is 2.98. The van der Waals surface area contributed by atoms with E-state index in [9.17, 15) is 4.79 Å². The Bertz CT molecular complexity index is 1120. The third-order valence-electron chi connectivity index (χ3n) is 5.48. The topological polar surface area (TPSA) is 181 Å². The maximum Gasteiger partial charge on any atom is 0.251 e. The van der Waals surface area contributed by atoms with Crippen LogP contribution in [0.3, 0.4) is 0 Å². The number of rotatable bonds is 20. The van der Waals surface area contributed by atoms with E-state index in [1.54, 1.807) is 18.3 Å². The quantitative estimate of drug-likeness (QED) is 0.110. The number of hydrogen-bond acceptors (Lipinski definition) is 12. The molecule has 13 nitrogen and oxygen atoms in total. The Hall–Kier alpha value is -3.91. The molecule has 0 aliphatic rings. The van der Waals surface area contributed by atoms with Gasteiger partial charge in [0.05, 0.1) is 26.4 Å². The molecule has 1 aromatic carbocycles. The number of aliphatic hydroxyl groups is 1. The van der Waals surface area contributed by atoms with Crippen molar-refractivity contribution in [1.29, 1.82) is 0 Å². The van der Waals surface area contributed by atoms with Crippen molar-refractivity contribution < 1.29 is 19.4 Å². The Morgan fingerprint density at radius 1 is 0.825 bits per heavy atom. The Kier molecular flexibility index (Phi) is 14.1. The highest BCUT2D eigenvalue weighted by Gasteiger charge is 2.08. The molecule has 3 aromatic rings. The highest BCUT2D eigenvalue weighted by atomic mass is 16.5. The Balaban J connectivity index is 1.47. The van der Waals surface area contributed by atoms with Gasteiger partial charge in [0.25, 0.3) is 5.91 Å². The minimum atomic E-state index is -0.167. The molecule has 0 bridgehead atoms. The summed E-state index contributed by atoms with van der Waals surface area (Å²) in [5.74, 6) is 1.07. The zero-order valence-corrected chi connectivity index (χ0v) is 22.6. The summed E-state index contributed by atoms with van der Waals surface area (Å²) in [6, 6.07) is 13.1. The minimum absolute atomic E-state index is 0.0746. The molecule has 3 rings (SSSR count). The van der Waals surface area contributed by atoms with Crippen LogP contribution in [0.1, 0.15) is 28.0 Å². The predicted octanol–water partition coefficient (Wildman–Crippen LogP) is 1.05. The van der Waals surface area contributed by atoms with E-state index in [1.807, 2.05) is 30.3 Å². The monoisotopic (exact) mass is 553 g/mol. The van der Waals surface area contributed by atoms with E-state index in [-0.39, 0.29) is 12.5 Å². The third-order valence-corrected chi connectivity index (χ3v) is 5.48. The van der Waals surface area contributed by atoms with Gasteiger partial charge in [0.2, 0.25) is 17.8 Å². The normalized spacial score (nSPS) is 10.8. The number of hydrogen-bond donors (Lipinski definition) is 6. The summed E-state index contributed by atoms with van der Waals surface area (Å²) in [5, 5.41) is 21.5. The largest absolute Gasteiger partial charge is 0.396 e. The Morgan fingerprint density at radius 2 is 1.52 bits per heavy atom. The van der Waals surface area contributed by atoms with Gasteiger partial charge in [-0.15, -0.1) is 0 Å². The SMILES string of the molecule is NCCOCCOCCNC(=O)c1ccc(CNc2nc(NCCCO)nc(NCCc3ccccn3)n2)cc1. The minimum Gasteiger partial charge on any atom is -0.396 e. The molecule has 2 heterocycles. The van der Waals surface area contributed by atoms with E-state index < -0.39 is 0 Å². The lowest BCUT2D eigenvalue weighted by atomic mass is 10.1. The molecular formula is C27H39N9O4. The zero-order valence-electron chi connectivity index (χ0n) is 22.6. The first kappa shape index (κ1) is 30.6. The van der Waals surface area contributed by atoms with E-state index in [4.69, 9.17) is 20.3 Å². The van der Waals surface area contributed by atoms with Crippen molar-refractivity contribution in [3.05, 3.63) is 65.5 Å². The summed E-state index contributed by atoms with van der Waals surface area (Å²) >= 11 is 0. The van der Waals surface area contributed by atoms with Gasteiger partial charge in [0.1, 0.15) is 0 Å². The number of nitrogens with one attached hydrogen (secondary N) is 4. The zero-order chi connectivity index (χ0) is 28.3. The number of carbonyl (C=O) groups is 1.